The Morgan fingerprint density at radius 2 is 2.13 bits per heavy atom. The van der Waals surface area contributed by atoms with Crippen molar-refractivity contribution in [1.82, 2.24) is 10.3 Å². The van der Waals surface area contributed by atoms with Gasteiger partial charge in [0.15, 0.2) is 0 Å². The molecular weight excluding hydrogens is 190 g/mol. The summed E-state index contributed by atoms with van der Waals surface area (Å²) in [7, 11) is 0. The molecule has 0 saturated heterocycles. The fourth-order valence-electron chi connectivity index (χ4n) is 1.03. The summed E-state index contributed by atoms with van der Waals surface area (Å²) in [4.78, 5) is 15.6. The number of pyridine rings is 1. The molecule has 1 aromatic rings. The highest BCUT2D eigenvalue weighted by Crippen LogP contribution is 2.12. The van der Waals surface area contributed by atoms with Crippen molar-refractivity contribution in [2.45, 2.75) is 27.3 Å². The van der Waals surface area contributed by atoms with Gasteiger partial charge in [0.25, 0.3) is 0 Å². The molecule has 0 aliphatic heterocycles. The average Bonchev–Trinajstić information content (AvgIpc) is 2.12. The summed E-state index contributed by atoms with van der Waals surface area (Å²) >= 11 is 0. The molecule has 1 aromatic heterocycles. The molecule has 0 atom stereocenters. The fourth-order valence-corrected chi connectivity index (χ4v) is 1.03. The molecule has 1 amide bonds. The maximum absolute atomic E-state index is 11.6. The molecule has 82 valence electrons. The summed E-state index contributed by atoms with van der Waals surface area (Å²) < 4.78 is 0. The lowest BCUT2D eigenvalue weighted by molar-refractivity contribution is -0.128. The Morgan fingerprint density at radius 1 is 1.47 bits per heavy atom. The van der Waals surface area contributed by atoms with E-state index in [0.717, 1.165) is 5.69 Å². The number of hydrogen-bond acceptors (Lipinski definition) is 3. The summed E-state index contributed by atoms with van der Waals surface area (Å²) in [6, 6.07) is 5.37. The van der Waals surface area contributed by atoms with Crippen LogP contribution < -0.4 is 11.1 Å². The molecule has 4 nitrogen and oxygen atoms in total. The normalized spacial score (nSPS) is 11.1. The van der Waals surface area contributed by atoms with Crippen LogP contribution in [0.25, 0.3) is 0 Å². The molecule has 0 fully saturated rings. The third kappa shape index (κ3) is 3.58. The van der Waals surface area contributed by atoms with Crippen LogP contribution in [0.4, 0.5) is 5.82 Å². The lowest BCUT2D eigenvalue weighted by Crippen LogP contribution is -2.34. The minimum atomic E-state index is -0.375. The smallest absolute Gasteiger partial charge is 0.225 e. The molecule has 15 heavy (non-hydrogen) atoms. The van der Waals surface area contributed by atoms with E-state index >= 15 is 0 Å². The maximum Gasteiger partial charge on any atom is 0.225 e. The van der Waals surface area contributed by atoms with Crippen LogP contribution >= 0.6 is 0 Å². The van der Waals surface area contributed by atoms with Crippen molar-refractivity contribution in [2.75, 3.05) is 5.73 Å². The minimum absolute atomic E-state index is 0.00623. The number of amides is 1. The number of nitrogens with one attached hydrogen (secondary N) is 1. The highest BCUT2D eigenvalue weighted by molar-refractivity contribution is 5.81. The molecular formula is C11H17N3O. The van der Waals surface area contributed by atoms with E-state index in [0.29, 0.717) is 12.4 Å². The van der Waals surface area contributed by atoms with Crippen LogP contribution in [0.5, 0.6) is 0 Å². The molecule has 4 heteroatoms. The van der Waals surface area contributed by atoms with Crippen molar-refractivity contribution < 1.29 is 4.79 Å². The molecule has 1 heterocycles. The first-order chi connectivity index (χ1) is 6.89. The summed E-state index contributed by atoms with van der Waals surface area (Å²) in [6.07, 6.45) is 0. The SMILES string of the molecule is CC(C)(C)C(=O)NCc1cccc(N)n1. The molecule has 0 saturated carbocycles. The Bertz CT molecular complexity index is 355. The average molecular weight is 207 g/mol. The van der Waals surface area contributed by atoms with Crippen molar-refractivity contribution in [3.05, 3.63) is 23.9 Å². The minimum Gasteiger partial charge on any atom is -0.384 e. The van der Waals surface area contributed by atoms with Gasteiger partial charge in [0, 0.05) is 5.41 Å². The molecule has 0 bridgehead atoms. The van der Waals surface area contributed by atoms with E-state index in [2.05, 4.69) is 10.3 Å². The number of rotatable bonds is 2. The molecule has 0 radical (unpaired) electrons. The number of carbonyl (C=O) groups is 1. The Balaban J connectivity index is 2.55. The topological polar surface area (TPSA) is 68.0 Å². The van der Waals surface area contributed by atoms with Crippen LogP contribution in [0.3, 0.4) is 0 Å². The van der Waals surface area contributed by atoms with E-state index in [1.54, 1.807) is 6.07 Å². The quantitative estimate of drug-likeness (QED) is 0.768. The molecule has 0 aromatic carbocycles. The lowest BCUT2D eigenvalue weighted by Gasteiger charge is -2.17. The van der Waals surface area contributed by atoms with Gasteiger partial charge in [-0.15, -0.1) is 0 Å². The largest absolute Gasteiger partial charge is 0.384 e. The zero-order valence-electron chi connectivity index (χ0n) is 9.37. The number of anilines is 1. The van der Waals surface area contributed by atoms with Gasteiger partial charge in [0.1, 0.15) is 5.82 Å². The van der Waals surface area contributed by atoms with Crippen LogP contribution in [-0.4, -0.2) is 10.9 Å². The summed E-state index contributed by atoms with van der Waals surface area (Å²) in [5.41, 5.74) is 5.92. The molecule has 0 unspecified atom stereocenters. The monoisotopic (exact) mass is 207 g/mol. The third-order valence-corrected chi connectivity index (χ3v) is 1.94. The van der Waals surface area contributed by atoms with Crippen LogP contribution in [0.1, 0.15) is 26.5 Å². The third-order valence-electron chi connectivity index (χ3n) is 1.94. The fraction of sp³-hybridized carbons (Fsp3) is 0.455. The van der Waals surface area contributed by atoms with Gasteiger partial charge in [0.05, 0.1) is 12.2 Å². The van der Waals surface area contributed by atoms with Gasteiger partial charge in [-0.25, -0.2) is 4.98 Å². The van der Waals surface area contributed by atoms with Gasteiger partial charge < -0.3 is 11.1 Å². The van der Waals surface area contributed by atoms with Crippen molar-refractivity contribution >= 4 is 11.7 Å². The molecule has 0 aliphatic rings. The summed E-state index contributed by atoms with van der Waals surface area (Å²) in [5.74, 6) is 0.476. The van der Waals surface area contributed by atoms with E-state index in [4.69, 9.17) is 5.73 Å². The first kappa shape index (κ1) is 11.5. The van der Waals surface area contributed by atoms with Gasteiger partial charge in [0.2, 0.25) is 5.91 Å². The summed E-state index contributed by atoms with van der Waals surface area (Å²) in [5, 5.41) is 2.81. The van der Waals surface area contributed by atoms with E-state index in [9.17, 15) is 4.79 Å². The summed E-state index contributed by atoms with van der Waals surface area (Å²) in [6.45, 7) is 6.03. The van der Waals surface area contributed by atoms with Crippen molar-refractivity contribution in [3.63, 3.8) is 0 Å². The van der Waals surface area contributed by atoms with Gasteiger partial charge in [-0.1, -0.05) is 26.8 Å². The number of nitrogens with two attached hydrogens (primary N) is 1. The number of aromatic nitrogens is 1. The standard InChI is InChI=1S/C11H17N3O/c1-11(2,3)10(15)13-7-8-5-4-6-9(12)14-8/h4-6H,7H2,1-3H3,(H2,12,14)(H,13,15). The van der Waals surface area contributed by atoms with Gasteiger partial charge >= 0.3 is 0 Å². The van der Waals surface area contributed by atoms with Crippen molar-refractivity contribution in [3.8, 4) is 0 Å². The lowest BCUT2D eigenvalue weighted by atomic mass is 9.96. The predicted molar refractivity (Wildman–Crippen MR) is 60.0 cm³/mol. The zero-order chi connectivity index (χ0) is 11.5. The second-order valence-electron chi connectivity index (χ2n) is 4.49. The number of nitrogens with zero attached hydrogens (tertiary/aromatic N) is 1. The number of hydrogen-bond donors (Lipinski definition) is 2. The predicted octanol–water partition coefficient (Wildman–Crippen LogP) is 1.33. The second kappa shape index (κ2) is 4.29. The van der Waals surface area contributed by atoms with Crippen LogP contribution in [0, 0.1) is 5.41 Å². The van der Waals surface area contributed by atoms with Crippen LogP contribution in [0.15, 0.2) is 18.2 Å². The second-order valence-corrected chi connectivity index (χ2v) is 4.49. The first-order valence-corrected chi connectivity index (χ1v) is 4.89. The van der Waals surface area contributed by atoms with Gasteiger partial charge in [-0.3, -0.25) is 4.79 Å². The first-order valence-electron chi connectivity index (χ1n) is 4.89. The Morgan fingerprint density at radius 3 is 2.67 bits per heavy atom. The van der Waals surface area contributed by atoms with Gasteiger partial charge in [-0.2, -0.15) is 0 Å². The Hall–Kier alpha value is -1.58. The molecule has 0 spiro atoms. The van der Waals surface area contributed by atoms with Crippen LogP contribution in [0.2, 0.25) is 0 Å². The maximum atomic E-state index is 11.6. The van der Waals surface area contributed by atoms with Crippen molar-refractivity contribution in [1.29, 1.82) is 0 Å². The van der Waals surface area contributed by atoms with Crippen molar-refractivity contribution in [2.24, 2.45) is 5.41 Å². The van der Waals surface area contributed by atoms with Crippen LogP contribution in [-0.2, 0) is 11.3 Å². The van der Waals surface area contributed by atoms with E-state index < -0.39 is 0 Å². The molecule has 3 N–H and O–H groups in total. The molecule has 0 aliphatic carbocycles. The Kier molecular flexibility index (Phi) is 3.29. The van der Waals surface area contributed by atoms with Gasteiger partial charge in [-0.05, 0) is 12.1 Å². The Labute approximate surface area is 89.9 Å². The van der Waals surface area contributed by atoms with E-state index in [1.165, 1.54) is 0 Å². The number of carbonyl (C=O) groups excluding carboxylic acids is 1. The molecule has 1 rings (SSSR count). The zero-order valence-corrected chi connectivity index (χ0v) is 9.37. The number of nitrogen functional groups attached to an aromatic ring is 1. The van der Waals surface area contributed by atoms with E-state index in [1.807, 2.05) is 32.9 Å². The highest BCUT2D eigenvalue weighted by Gasteiger charge is 2.20. The highest BCUT2D eigenvalue weighted by atomic mass is 16.2. The van der Waals surface area contributed by atoms with E-state index in [-0.39, 0.29) is 11.3 Å².